The number of nitrogens with zero attached hydrogens (tertiary/aromatic N) is 2. The first-order chi connectivity index (χ1) is 15.7. The van der Waals surface area contributed by atoms with E-state index in [9.17, 15) is 14.4 Å². The van der Waals surface area contributed by atoms with Crippen LogP contribution in [0.4, 0.5) is 9.93 Å². The first kappa shape index (κ1) is 22.5. The van der Waals surface area contributed by atoms with E-state index in [1.165, 1.54) is 11.3 Å². The first-order valence-corrected chi connectivity index (χ1v) is 11.2. The molecule has 1 atom stereocenters. The maximum Gasteiger partial charge on any atom is 0.325 e. The predicted molar refractivity (Wildman–Crippen MR) is 126 cm³/mol. The number of imide groups is 1. The topological polar surface area (TPSA) is 101 Å². The Morgan fingerprint density at radius 1 is 1.18 bits per heavy atom. The van der Waals surface area contributed by atoms with Crippen molar-refractivity contribution < 1.29 is 19.1 Å². The predicted octanol–water partition coefficient (Wildman–Crippen LogP) is 3.84. The van der Waals surface area contributed by atoms with E-state index < -0.39 is 29.9 Å². The van der Waals surface area contributed by atoms with Gasteiger partial charge in [-0.1, -0.05) is 35.9 Å². The van der Waals surface area contributed by atoms with Gasteiger partial charge in [0.2, 0.25) is 5.91 Å². The van der Waals surface area contributed by atoms with E-state index in [0.717, 1.165) is 27.3 Å². The molecule has 33 heavy (non-hydrogen) atoms. The van der Waals surface area contributed by atoms with Crippen molar-refractivity contribution in [3.63, 3.8) is 0 Å². The lowest BCUT2D eigenvalue weighted by Gasteiger charge is -2.22. The van der Waals surface area contributed by atoms with Crippen LogP contribution in [0.3, 0.4) is 0 Å². The minimum absolute atomic E-state index is 0.403. The molecule has 2 N–H and O–H groups in total. The van der Waals surface area contributed by atoms with Crippen LogP contribution < -0.4 is 15.4 Å². The van der Waals surface area contributed by atoms with Gasteiger partial charge in [-0.2, -0.15) is 0 Å². The Hall–Kier alpha value is -3.72. The molecular formula is C24H24N4O4S. The van der Waals surface area contributed by atoms with Crippen molar-refractivity contribution in [2.45, 2.75) is 26.3 Å². The molecule has 3 aromatic rings. The van der Waals surface area contributed by atoms with E-state index in [4.69, 9.17) is 4.74 Å². The molecule has 1 aromatic heterocycles. The highest BCUT2D eigenvalue weighted by atomic mass is 32.1. The number of thiazole rings is 1. The van der Waals surface area contributed by atoms with Gasteiger partial charge in [0.05, 0.1) is 12.8 Å². The highest BCUT2D eigenvalue weighted by Crippen LogP contribution is 2.31. The second kappa shape index (κ2) is 8.67. The summed E-state index contributed by atoms with van der Waals surface area (Å²) in [5, 5.41) is 7.65. The molecule has 170 valence electrons. The lowest BCUT2D eigenvalue weighted by molar-refractivity contribution is -0.133. The van der Waals surface area contributed by atoms with Crippen molar-refractivity contribution in [1.82, 2.24) is 15.2 Å². The number of methoxy groups -OCH3 is 1. The van der Waals surface area contributed by atoms with Crippen LogP contribution in [-0.2, 0) is 15.1 Å². The largest absolute Gasteiger partial charge is 0.497 e. The third kappa shape index (κ3) is 4.31. The van der Waals surface area contributed by atoms with Crippen molar-refractivity contribution in [3.05, 3.63) is 64.5 Å². The number of ether oxygens (including phenoxy) is 1. The minimum Gasteiger partial charge on any atom is -0.497 e. The van der Waals surface area contributed by atoms with Crippen molar-refractivity contribution in [2.75, 3.05) is 19.0 Å². The number of aromatic nitrogens is 1. The Kier molecular flexibility index (Phi) is 5.90. The molecule has 4 rings (SSSR count). The molecule has 2 aromatic carbocycles. The molecule has 0 bridgehead atoms. The fourth-order valence-electron chi connectivity index (χ4n) is 3.82. The number of aryl methyl sites for hydroxylation is 2. The van der Waals surface area contributed by atoms with E-state index in [2.05, 4.69) is 21.7 Å². The number of benzene rings is 2. The molecule has 0 aliphatic carbocycles. The average Bonchev–Trinajstić information content (AvgIpc) is 3.32. The zero-order chi connectivity index (χ0) is 23.8. The van der Waals surface area contributed by atoms with E-state index >= 15 is 0 Å². The summed E-state index contributed by atoms with van der Waals surface area (Å²) in [5.74, 6) is -0.360. The quantitative estimate of drug-likeness (QED) is 0.540. The molecule has 9 heteroatoms. The second-order valence-electron chi connectivity index (χ2n) is 8.08. The monoisotopic (exact) mass is 464 g/mol. The zero-order valence-electron chi connectivity index (χ0n) is 18.8. The van der Waals surface area contributed by atoms with Gasteiger partial charge in [0.25, 0.3) is 5.91 Å². The van der Waals surface area contributed by atoms with E-state index in [1.54, 1.807) is 38.3 Å². The van der Waals surface area contributed by atoms with Crippen molar-refractivity contribution >= 4 is 34.3 Å². The van der Waals surface area contributed by atoms with E-state index in [-0.39, 0.29) is 0 Å². The highest BCUT2D eigenvalue weighted by Gasteiger charge is 2.49. The maximum absolute atomic E-state index is 13.1. The third-order valence-corrected chi connectivity index (χ3v) is 6.41. The van der Waals surface area contributed by atoms with Crippen molar-refractivity contribution in [3.8, 4) is 17.0 Å². The number of urea groups is 1. The molecule has 1 aliphatic heterocycles. The van der Waals surface area contributed by atoms with Crippen molar-refractivity contribution in [2.24, 2.45) is 0 Å². The molecule has 0 unspecified atom stereocenters. The molecule has 2 heterocycles. The number of rotatable bonds is 6. The van der Waals surface area contributed by atoms with Gasteiger partial charge in [-0.05, 0) is 44.0 Å². The smallest absolute Gasteiger partial charge is 0.325 e. The summed E-state index contributed by atoms with van der Waals surface area (Å²) < 4.78 is 5.14. The van der Waals surface area contributed by atoms with Crippen LogP contribution >= 0.6 is 11.3 Å². The summed E-state index contributed by atoms with van der Waals surface area (Å²) in [6.07, 6.45) is 0. The van der Waals surface area contributed by atoms with Crippen LogP contribution in [0.15, 0.2) is 47.8 Å². The number of hydrogen-bond donors (Lipinski definition) is 2. The number of anilines is 1. The van der Waals surface area contributed by atoms with Gasteiger partial charge >= 0.3 is 6.03 Å². The maximum atomic E-state index is 13.1. The Balaban J connectivity index is 1.45. The molecule has 0 saturated carbocycles. The van der Waals surface area contributed by atoms with Gasteiger partial charge in [0.15, 0.2) is 5.13 Å². The second-order valence-corrected chi connectivity index (χ2v) is 8.94. The molecule has 0 spiro atoms. The van der Waals surface area contributed by atoms with E-state index in [1.807, 2.05) is 31.4 Å². The summed E-state index contributed by atoms with van der Waals surface area (Å²) in [6, 6.07) is 12.3. The molecule has 4 amide bonds. The van der Waals surface area contributed by atoms with Gasteiger partial charge in [-0.15, -0.1) is 11.3 Å². The Labute approximate surface area is 195 Å². The standard InChI is InChI=1S/C24H24N4O4S/c1-14-5-10-18(15(2)11-14)19-13-33-22(25-19)26-20(29)12-28-21(30)24(3,27-23(28)31)16-6-8-17(32-4)9-7-16/h5-11,13H,12H2,1-4H3,(H,27,31)(H,25,26,29)/t24-/m0/s1. The molecule has 1 aliphatic rings. The Morgan fingerprint density at radius 2 is 1.91 bits per heavy atom. The Morgan fingerprint density at radius 3 is 2.58 bits per heavy atom. The number of carbonyl (C=O) groups is 3. The number of hydrogen-bond acceptors (Lipinski definition) is 6. The number of nitrogens with one attached hydrogen (secondary N) is 2. The van der Waals surface area contributed by atoms with Crippen LogP contribution in [-0.4, -0.2) is 41.4 Å². The summed E-state index contributed by atoms with van der Waals surface area (Å²) in [6.45, 7) is 5.25. The average molecular weight is 465 g/mol. The molecule has 8 nitrogen and oxygen atoms in total. The van der Waals surface area contributed by atoms with Crippen LogP contribution in [0.2, 0.25) is 0 Å². The summed E-state index contributed by atoms with van der Waals surface area (Å²) in [7, 11) is 1.55. The third-order valence-electron chi connectivity index (χ3n) is 5.65. The normalized spacial score (nSPS) is 17.8. The SMILES string of the molecule is COc1ccc([C@]2(C)NC(=O)N(CC(=O)Nc3nc(-c4ccc(C)cc4C)cs3)C2=O)cc1. The minimum atomic E-state index is -1.26. The zero-order valence-corrected chi connectivity index (χ0v) is 19.6. The summed E-state index contributed by atoms with van der Waals surface area (Å²) in [4.78, 5) is 43.6. The molecule has 1 fully saturated rings. The summed E-state index contributed by atoms with van der Waals surface area (Å²) in [5.41, 5.74) is 3.34. The lowest BCUT2D eigenvalue weighted by atomic mass is 9.92. The van der Waals surface area contributed by atoms with Crippen molar-refractivity contribution in [1.29, 1.82) is 0 Å². The fraction of sp³-hybridized carbons (Fsp3) is 0.250. The first-order valence-electron chi connectivity index (χ1n) is 10.3. The van der Waals surface area contributed by atoms with E-state index in [0.29, 0.717) is 16.4 Å². The van der Waals surface area contributed by atoms with Crippen LogP contribution in [0.5, 0.6) is 5.75 Å². The van der Waals surface area contributed by atoms with Gasteiger partial charge < -0.3 is 15.4 Å². The molecule has 1 saturated heterocycles. The molecule has 0 radical (unpaired) electrons. The van der Waals surface area contributed by atoms with Crippen LogP contribution in [0.25, 0.3) is 11.3 Å². The Bertz CT molecular complexity index is 1240. The summed E-state index contributed by atoms with van der Waals surface area (Å²) >= 11 is 1.29. The fourth-order valence-corrected chi connectivity index (χ4v) is 4.55. The van der Waals surface area contributed by atoms with Gasteiger partial charge in [0, 0.05) is 10.9 Å². The lowest BCUT2D eigenvalue weighted by Crippen LogP contribution is -2.42. The van der Waals surface area contributed by atoms with Crippen LogP contribution in [0.1, 0.15) is 23.6 Å². The molecular weight excluding hydrogens is 440 g/mol. The van der Waals surface area contributed by atoms with Gasteiger partial charge in [-0.3, -0.25) is 14.5 Å². The van der Waals surface area contributed by atoms with Gasteiger partial charge in [-0.25, -0.2) is 9.78 Å². The van der Waals surface area contributed by atoms with Gasteiger partial charge in [0.1, 0.15) is 17.8 Å². The van der Waals surface area contributed by atoms with Crippen LogP contribution in [0, 0.1) is 13.8 Å². The highest BCUT2D eigenvalue weighted by molar-refractivity contribution is 7.14. The number of amides is 4. The number of carbonyl (C=O) groups excluding carboxylic acids is 3.